The average Bonchev–Trinajstić information content (AvgIpc) is 3.19. The van der Waals surface area contributed by atoms with Crippen LogP contribution in [0.3, 0.4) is 0 Å². The van der Waals surface area contributed by atoms with E-state index in [0.717, 1.165) is 5.01 Å². The van der Waals surface area contributed by atoms with Crippen molar-refractivity contribution >= 4 is 34.9 Å². The predicted molar refractivity (Wildman–Crippen MR) is 94.1 cm³/mol. The number of aryl methyl sites for hydroxylation is 2. The Morgan fingerprint density at radius 3 is 2.31 bits per heavy atom. The molecule has 0 fully saturated rings. The largest absolute Gasteiger partial charge is 0.469 e. The van der Waals surface area contributed by atoms with Crippen LogP contribution in [0.5, 0.6) is 0 Å². The summed E-state index contributed by atoms with van der Waals surface area (Å²) >= 11 is 1.30. The minimum absolute atomic E-state index is 0.0478. The van der Waals surface area contributed by atoms with E-state index in [-0.39, 0.29) is 18.7 Å². The van der Waals surface area contributed by atoms with Gasteiger partial charge in [0.15, 0.2) is 0 Å². The molecule has 0 aromatic carbocycles. The lowest BCUT2D eigenvalue weighted by molar-refractivity contribution is -0.144. The highest BCUT2D eigenvalue weighted by Gasteiger charge is 2.22. The maximum absolute atomic E-state index is 12.3. The number of ether oxygens (including phenoxy) is 2. The Labute approximate surface area is 154 Å². The molecule has 10 heteroatoms. The zero-order valence-electron chi connectivity index (χ0n) is 14.9. The number of anilines is 1. The number of aromatic nitrogens is 3. The van der Waals surface area contributed by atoms with Gasteiger partial charge in [-0.2, -0.15) is 5.10 Å². The van der Waals surface area contributed by atoms with Crippen LogP contribution in [-0.2, 0) is 19.1 Å². The van der Waals surface area contributed by atoms with Crippen molar-refractivity contribution in [1.29, 1.82) is 0 Å². The molecule has 26 heavy (non-hydrogen) atoms. The van der Waals surface area contributed by atoms with Crippen LogP contribution in [0.1, 0.15) is 39.3 Å². The summed E-state index contributed by atoms with van der Waals surface area (Å²) in [5.41, 5.74) is 1.10. The first kappa shape index (κ1) is 19.6. The first-order valence-electron chi connectivity index (χ1n) is 7.77. The number of esters is 2. The van der Waals surface area contributed by atoms with E-state index in [1.165, 1.54) is 36.4 Å². The minimum Gasteiger partial charge on any atom is -0.469 e. The standard InChI is InChI=1S/C16H20N4O5S/c1-9-15(26-10(2)18-9)16(23)19-11-7-17-20(8-11)12(5-13(21)24-3)6-14(22)25-4/h7-8,12H,5-6H2,1-4H3,(H,19,23). The third-order valence-electron chi connectivity index (χ3n) is 3.60. The highest BCUT2D eigenvalue weighted by molar-refractivity contribution is 7.13. The van der Waals surface area contributed by atoms with Crippen molar-refractivity contribution < 1.29 is 23.9 Å². The molecular weight excluding hydrogens is 360 g/mol. The maximum atomic E-state index is 12.3. The number of thiazole rings is 1. The normalized spacial score (nSPS) is 10.7. The van der Waals surface area contributed by atoms with Crippen molar-refractivity contribution in [2.45, 2.75) is 32.7 Å². The van der Waals surface area contributed by atoms with E-state index in [0.29, 0.717) is 16.3 Å². The summed E-state index contributed by atoms with van der Waals surface area (Å²) in [5, 5.41) is 7.68. The van der Waals surface area contributed by atoms with Crippen molar-refractivity contribution in [2.75, 3.05) is 19.5 Å². The average molecular weight is 380 g/mol. The number of hydrogen-bond donors (Lipinski definition) is 1. The Bertz CT molecular complexity index is 795. The van der Waals surface area contributed by atoms with Gasteiger partial charge < -0.3 is 14.8 Å². The van der Waals surface area contributed by atoms with Crippen LogP contribution in [0.25, 0.3) is 0 Å². The smallest absolute Gasteiger partial charge is 0.307 e. The van der Waals surface area contributed by atoms with Gasteiger partial charge in [-0.1, -0.05) is 0 Å². The summed E-state index contributed by atoms with van der Waals surface area (Å²) in [7, 11) is 2.54. The van der Waals surface area contributed by atoms with Gasteiger partial charge in [0.2, 0.25) is 0 Å². The molecule has 1 N–H and O–H groups in total. The molecule has 2 heterocycles. The molecule has 140 valence electrons. The van der Waals surface area contributed by atoms with E-state index in [1.807, 2.05) is 6.92 Å². The Balaban J connectivity index is 2.14. The SMILES string of the molecule is COC(=O)CC(CC(=O)OC)n1cc(NC(=O)c2sc(C)nc2C)cn1. The Hall–Kier alpha value is -2.75. The van der Waals surface area contributed by atoms with Crippen molar-refractivity contribution in [2.24, 2.45) is 0 Å². The first-order valence-corrected chi connectivity index (χ1v) is 8.58. The third-order valence-corrected chi connectivity index (χ3v) is 4.67. The number of carbonyl (C=O) groups is 3. The zero-order valence-corrected chi connectivity index (χ0v) is 15.8. The Morgan fingerprint density at radius 1 is 1.19 bits per heavy atom. The lowest BCUT2D eigenvalue weighted by Crippen LogP contribution is -2.19. The van der Waals surface area contributed by atoms with Crippen molar-refractivity contribution in [3.63, 3.8) is 0 Å². The van der Waals surface area contributed by atoms with Crippen molar-refractivity contribution in [3.8, 4) is 0 Å². The highest BCUT2D eigenvalue weighted by atomic mass is 32.1. The van der Waals surface area contributed by atoms with Gasteiger partial charge in [0.25, 0.3) is 5.91 Å². The van der Waals surface area contributed by atoms with Crippen LogP contribution in [0.4, 0.5) is 5.69 Å². The monoisotopic (exact) mass is 380 g/mol. The fraction of sp³-hybridized carbons (Fsp3) is 0.438. The first-order chi connectivity index (χ1) is 12.3. The second-order valence-electron chi connectivity index (χ2n) is 5.52. The van der Waals surface area contributed by atoms with Gasteiger partial charge in [-0.25, -0.2) is 4.98 Å². The molecule has 2 rings (SSSR count). The van der Waals surface area contributed by atoms with Crippen molar-refractivity contribution in [1.82, 2.24) is 14.8 Å². The summed E-state index contributed by atoms with van der Waals surface area (Å²) in [4.78, 5) is 40.3. The van der Waals surface area contributed by atoms with E-state index < -0.39 is 18.0 Å². The molecule has 2 aromatic heterocycles. The number of rotatable bonds is 7. The molecule has 0 spiro atoms. The van der Waals surface area contributed by atoms with Crippen LogP contribution in [0.15, 0.2) is 12.4 Å². The van der Waals surface area contributed by atoms with E-state index in [2.05, 4.69) is 24.9 Å². The van der Waals surface area contributed by atoms with E-state index in [1.54, 1.807) is 13.1 Å². The lowest BCUT2D eigenvalue weighted by Gasteiger charge is -2.15. The van der Waals surface area contributed by atoms with Gasteiger partial charge >= 0.3 is 11.9 Å². The predicted octanol–water partition coefficient (Wildman–Crippen LogP) is 1.88. The Kier molecular flexibility index (Phi) is 6.45. The number of amides is 1. The summed E-state index contributed by atoms with van der Waals surface area (Å²) < 4.78 is 10.7. The zero-order chi connectivity index (χ0) is 19.3. The molecule has 0 atom stereocenters. The molecule has 0 unspecified atom stereocenters. The summed E-state index contributed by atoms with van der Waals surface area (Å²) in [6, 6.07) is -0.576. The van der Waals surface area contributed by atoms with Crippen molar-refractivity contribution in [3.05, 3.63) is 28.0 Å². The van der Waals surface area contributed by atoms with Crippen LogP contribution in [0, 0.1) is 13.8 Å². The van der Waals surface area contributed by atoms with E-state index in [4.69, 9.17) is 0 Å². The fourth-order valence-corrected chi connectivity index (χ4v) is 3.16. The van der Waals surface area contributed by atoms with Gasteiger partial charge in [-0.3, -0.25) is 19.1 Å². The Morgan fingerprint density at radius 2 is 1.81 bits per heavy atom. The quantitative estimate of drug-likeness (QED) is 0.730. The molecule has 9 nitrogen and oxygen atoms in total. The number of methoxy groups -OCH3 is 2. The van der Waals surface area contributed by atoms with Gasteiger partial charge in [-0.05, 0) is 13.8 Å². The lowest BCUT2D eigenvalue weighted by atomic mass is 10.1. The maximum Gasteiger partial charge on any atom is 0.307 e. The number of nitrogens with zero attached hydrogens (tertiary/aromatic N) is 3. The van der Waals surface area contributed by atoms with E-state index in [9.17, 15) is 14.4 Å². The molecule has 0 aliphatic carbocycles. The molecule has 0 aliphatic heterocycles. The topological polar surface area (TPSA) is 112 Å². The number of nitrogens with one attached hydrogen (secondary N) is 1. The van der Waals surface area contributed by atoms with Crippen LogP contribution < -0.4 is 5.32 Å². The number of hydrogen-bond acceptors (Lipinski definition) is 8. The van der Waals surface area contributed by atoms with Gasteiger partial charge in [0, 0.05) is 6.20 Å². The molecular formula is C16H20N4O5S. The summed E-state index contributed by atoms with van der Waals surface area (Å²) in [6.45, 7) is 3.60. The second-order valence-corrected chi connectivity index (χ2v) is 6.73. The van der Waals surface area contributed by atoms with Gasteiger partial charge in [-0.15, -0.1) is 11.3 Å². The third kappa shape index (κ3) is 4.88. The van der Waals surface area contributed by atoms with Gasteiger partial charge in [0.05, 0.1) is 55.7 Å². The molecule has 0 bridgehead atoms. The molecule has 0 aliphatic rings. The highest BCUT2D eigenvalue weighted by Crippen LogP contribution is 2.22. The van der Waals surface area contributed by atoms with Crippen LogP contribution in [-0.4, -0.2) is 46.8 Å². The fourth-order valence-electron chi connectivity index (χ4n) is 2.34. The van der Waals surface area contributed by atoms with E-state index >= 15 is 0 Å². The molecule has 1 amide bonds. The second kappa shape index (κ2) is 8.56. The minimum atomic E-state index is -0.576. The molecule has 0 saturated carbocycles. The molecule has 2 aromatic rings. The van der Waals surface area contributed by atoms with Gasteiger partial charge in [0.1, 0.15) is 4.88 Å². The molecule has 0 saturated heterocycles. The van der Waals surface area contributed by atoms with Crippen LogP contribution in [0.2, 0.25) is 0 Å². The number of carbonyl (C=O) groups excluding carboxylic acids is 3. The summed E-state index contributed by atoms with van der Waals surface area (Å²) in [5.74, 6) is -1.24. The summed E-state index contributed by atoms with van der Waals surface area (Å²) in [6.07, 6.45) is 2.90. The molecule has 0 radical (unpaired) electrons. The van der Waals surface area contributed by atoms with Crippen LogP contribution >= 0.6 is 11.3 Å².